The smallest absolute Gasteiger partial charge is 0.407 e. The van der Waals surface area contributed by atoms with E-state index in [9.17, 15) is 18.4 Å². The van der Waals surface area contributed by atoms with Crippen molar-refractivity contribution in [1.82, 2.24) is 15.1 Å². The number of halogens is 2. The highest BCUT2D eigenvalue weighted by Gasteiger charge is 2.58. The Morgan fingerprint density at radius 1 is 1.14 bits per heavy atom. The predicted octanol–water partition coefficient (Wildman–Crippen LogP) is 6.38. The molecule has 2 aliphatic rings. The normalized spacial score (nSPS) is 17.4. The number of carbonyl (C=O) groups excluding carboxylic acids is 2. The first kappa shape index (κ1) is 31.6. The van der Waals surface area contributed by atoms with E-state index in [1.807, 2.05) is 30.7 Å². The number of alkyl carbamates (subject to hydrolysis) is 1. The highest BCUT2D eigenvalue weighted by atomic mass is 28.3. The molecule has 9 nitrogen and oxygen atoms in total. The first-order valence-electron chi connectivity index (χ1n) is 14.8. The molecule has 1 aliphatic heterocycles. The molecular weight excluding hydrogens is 586 g/mol. The van der Waals surface area contributed by atoms with Gasteiger partial charge in [-0.25, -0.2) is 18.3 Å². The molecule has 1 aliphatic carbocycles. The molecule has 1 fully saturated rings. The molecule has 2 heterocycles. The summed E-state index contributed by atoms with van der Waals surface area (Å²) < 4.78 is 46.8. The Kier molecular flexibility index (Phi) is 8.86. The summed E-state index contributed by atoms with van der Waals surface area (Å²) >= 11 is 0. The number of amides is 2. The maximum absolute atomic E-state index is 14.4. The lowest BCUT2D eigenvalue weighted by Gasteiger charge is -2.38. The molecule has 44 heavy (non-hydrogen) atoms. The maximum Gasteiger partial charge on any atom is 0.407 e. The lowest BCUT2D eigenvalue weighted by atomic mass is 9.76. The monoisotopic (exact) mass is 626 g/mol. The molecule has 0 radical (unpaired) electrons. The molecule has 12 heteroatoms. The predicted molar refractivity (Wildman–Crippen MR) is 165 cm³/mol. The number of aryl methyl sites for hydroxylation is 1. The lowest BCUT2D eigenvalue weighted by molar-refractivity contribution is -0.119. The Morgan fingerprint density at radius 2 is 1.82 bits per heavy atom. The van der Waals surface area contributed by atoms with Gasteiger partial charge in [0.25, 0.3) is 0 Å². The third-order valence-corrected chi connectivity index (χ3v) is 10.3. The van der Waals surface area contributed by atoms with E-state index in [0.717, 1.165) is 40.7 Å². The lowest BCUT2D eigenvalue weighted by Crippen LogP contribution is -2.51. The molecule has 0 saturated heterocycles. The summed E-state index contributed by atoms with van der Waals surface area (Å²) in [5, 5.41) is 10.2. The van der Waals surface area contributed by atoms with Gasteiger partial charge in [-0.05, 0) is 56.5 Å². The molecule has 5 rings (SSSR count). The maximum atomic E-state index is 14.4. The van der Waals surface area contributed by atoms with Gasteiger partial charge in [0.15, 0.2) is 11.6 Å². The Labute approximate surface area is 257 Å². The van der Waals surface area contributed by atoms with Crippen molar-refractivity contribution in [2.24, 2.45) is 5.41 Å². The number of fused-ring (bicyclic) bond motifs is 1. The van der Waals surface area contributed by atoms with E-state index in [2.05, 4.69) is 35.4 Å². The van der Waals surface area contributed by atoms with Crippen LogP contribution < -0.4 is 15.4 Å². The minimum absolute atomic E-state index is 0.160. The van der Waals surface area contributed by atoms with Crippen LogP contribution in [0.4, 0.5) is 19.3 Å². The molecule has 3 aromatic rings. The fourth-order valence-corrected chi connectivity index (χ4v) is 6.66. The van der Waals surface area contributed by atoms with E-state index < -0.39 is 49.1 Å². The van der Waals surface area contributed by atoms with E-state index in [-0.39, 0.29) is 12.4 Å². The number of benzene rings is 2. The van der Waals surface area contributed by atoms with Crippen LogP contribution in [0.1, 0.15) is 35.7 Å². The molecular formula is C32H40F2N4O5Si. The number of methoxy groups -OCH3 is 1. The third-order valence-electron chi connectivity index (χ3n) is 8.56. The van der Waals surface area contributed by atoms with Gasteiger partial charge in [-0.15, -0.1) is 0 Å². The van der Waals surface area contributed by atoms with Crippen LogP contribution >= 0.6 is 0 Å². The molecule has 236 valence electrons. The third kappa shape index (κ3) is 6.65. The van der Waals surface area contributed by atoms with Gasteiger partial charge in [0.05, 0.1) is 19.4 Å². The molecule has 1 spiro atoms. The van der Waals surface area contributed by atoms with Gasteiger partial charge in [-0.1, -0.05) is 31.8 Å². The van der Waals surface area contributed by atoms with Gasteiger partial charge in [0.2, 0.25) is 5.91 Å². The average molecular weight is 627 g/mol. The van der Waals surface area contributed by atoms with Gasteiger partial charge >= 0.3 is 6.09 Å². The van der Waals surface area contributed by atoms with Gasteiger partial charge < -0.3 is 24.8 Å². The fraction of sp³-hybridized carbons (Fsp3) is 0.469. The highest BCUT2D eigenvalue weighted by Crippen LogP contribution is 2.61. The summed E-state index contributed by atoms with van der Waals surface area (Å²) in [7, 11) is 0.0210. The second-order valence-electron chi connectivity index (χ2n) is 13.0. The standard InChI is InChI=1S/C32H40F2N4O5Si/c1-19-27(20(2)38(37-19)18-42-13-14-44(4,5)6)21-7-9-22(10-8-21)35-30(39)29(36-31(40)41-3)28-23-15-24(33)25(34)16-26(23)43-17-32(28)11-12-32/h7-10,15-16,28-29H,11-14,17-18H2,1-6H3,(H,35,39)(H,36,40)/t28?,29-/m0/s1. The zero-order chi connectivity index (χ0) is 31.8. The van der Waals surface area contributed by atoms with E-state index >= 15 is 0 Å². The van der Waals surface area contributed by atoms with Crippen molar-refractivity contribution in [3.8, 4) is 16.9 Å². The first-order chi connectivity index (χ1) is 20.8. The summed E-state index contributed by atoms with van der Waals surface area (Å²) in [4.78, 5) is 26.2. The van der Waals surface area contributed by atoms with E-state index in [1.165, 1.54) is 7.11 Å². The van der Waals surface area contributed by atoms with Crippen molar-refractivity contribution in [2.45, 2.75) is 71.1 Å². The van der Waals surface area contributed by atoms with Crippen molar-refractivity contribution in [3.63, 3.8) is 0 Å². The van der Waals surface area contributed by atoms with E-state index in [1.54, 1.807) is 12.1 Å². The number of ether oxygens (including phenoxy) is 3. The second-order valence-corrected chi connectivity index (χ2v) is 18.6. The molecule has 2 aromatic carbocycles. The van der Waals surface area contributed by atoms with Crippen LogP contribution in [0, 0.1) is 30.9 Å². The number of rotatable bonds is 10. The van der Waals surface area contributed by atoms with Gasteiger partial charge in [-0.3, -0.25) is 4.79 Å². The Morgan fingerprint density at radius 3 is 2.45 bits per heavy atom. The topological polar surface area (TPSA) is 104 Å². The molecule has 0 bridgehead atoms. The number of aromatic nitrogens is 2. The Bertz CT molecular complexity index is 1550. The second kappa shape index (κ2) is 12.3. The fourth-order valence-electron chi connectivity index (χ4n) is 5.90. The zero-order valence-electron chi connectivity index (χ0n) is 26.1. The minimum Gasteiger partial charge on any atom is -0.493 e. The van der Waals surface area contributed by atoms with Crippen LogP contribution in [0.5, 0.6) is 5.75 Å². The van der Waals surface area contributed by atoms with Crippen molar-refractivity contribution < 1.29 is 32.6 Å². The molecule has 1 aromatic heterocycles. The number of nitrogens with zero attached hydrogens (tertiary/aromatic N) is 2. The number of anilines is 1. The van der Waals surface area contributed by atoms with Crippen LogP contribution in [-0.4, -0.2) is 56.2 Å². The first-order valence-corrected chi connectivity index (χ1v) is 18.5. The van der Waals surface area contributed by atoms with E-state index in [0.29, 0.717) is 37.4 Å². The van der Waals surface area contributed by atoms with Crippen molar-refractivity contribution >= 4 is 25.8 Å². The Balaban J connectivity index is 1.35. The summed E-state index contributed by atoms with van der Waals surface area (Å²) in [5.41, 5.74) is 4.13. The van der Waals surface area contributed by atoms with Crippen LogP contribution in [0.25, 0.3) is 11.1 Å². The number of carbonyl (C=O) groups is 2. The molecule has 1 saturated carbocycles. The summed E-state index contributed by atoms with van der Waals surface area (Å²) in [6.45, 7) is 12.2. The van der Waals surface area contributed by atoms with E-state index in [4.69, 9.17) is 14.2 Å². The molecule has 2 N–H and O–H groups in total. The van der Waals surface area contributed by atoms with Crippen molar-refractivity contribution in [1.29, 1.82) is 0 Å². The minimum atomic E-state index is -1.18. The summed E-state index contributed by atoms with van der Waals surface area (Å²) in [5.74, 6) is -3.08. The Hall–Kier alpha value is -3.77. The molecule has 1 unspecified atom stereocenters. The SMILES string of the molecule is COC(=O)N[C@H](C(=O)Nc1ccc(-c2c(C)nn(COCC[Si](C)(C)C)c2C)cc1)C1c2cc(F)c(F)cc2OCC12CC2. The average Bonchev–Trinajstić information content (AvgIpc) is 3.68. The van der Waals surface area contributed by atoms with Crippen LogP contribution in [-0.2, 0) is 21.0 Å². The van der Waals surface area contributed by atoms with Crippen LogP contribution in [0.2, 0.25) is 25.7 Å². The van der Waals surface area contributed by atoms with Gasteiger partial charge in [-0.2, -0.15) is 5.10 Å². The number of hydrogen-bond acceptors (Lipinski definition) is 6. The molecule has 2 atom stereocenters. The molecule has 2 amide bonds. The largest absolute Gasteiger partial charge is 0.493 e. The zero-order valence-corrected chi connectivity index (χ0v) is 27.1. The highest BCUT2D eigenvalue weighted by molar-refractivity contribution is 6.76. The van der Waals surface area contributed by atoms with Crippen molar-refractivity contribution in [2.75, 3.05) is 25.6 Å². The van der Waals surface area contributed by atoms with Crippen LogP contribution in [0.3, 0.4) is 0 Å². The summed E-state index contributed by atoms with van der Waals surface area (Å²) in [6, 6.07) is 9.37. The van der Waals surface area contributed by atoms with Gasteiger partial charge in [0.1, 0.15) is 18.5 Å². The number of hydrogen-bond donors (Lipinski definition) is 2. The van der Waals surface area contributed by atoms with Crippen molar-refractivity contribution in [3.05, 3.63) is 65.0 Å². The van der Waals surface area contributed by atoms with Crippen LogP contribution in [0.15, 0.2) is 36.4 Å². The van der Waals surface area contributed by atoms with Gasteiger partial charge in [0, 0.05) is 54.6 Å². The number of nitrogens with one attached hydrogen (secondary N) is 2. The summed E-state index contributed by atoms with van der Waals surface area (Å²) in [6.07, 6.45) is 0.625. The quantitative estimate of drug-likeness (QED) is 0.200.